The number of rotatable bonds is 4. The van der Waals surface area contributed by atoms with Gasteiger partial charge in [0.15, 0.2) is 0 Å². The number of nitrogens with one attached hydrogen (secondary N) is 1. The Bertz CT molecular complexity index is 191. The highest BCUT2D eigenvalue weighted by atomic mass is 19.3. The van der Waals surface area contributed by atoms with E-state index in [4.69, 9.17) is 0 Å². The van der Waals surface area contributed by atoms with E-state index in [1.165, 1.54) is 0 Å². The number of hydrogen-bond acceptors (Lipinski definition) is 3. The van der Waals surface area contributed by atoms with E-state index in [1.807, 2.05) is 0 Å². The molecule has 0 spiro atoms. The quantitative estimate of drug-likeness (QED) is 0.677. The molecule has 0 radical (unpaired) electrons. The second kappa shape index (κ2) is 4.00. The summed E-state index contributed by atoms with van der Waals surface area (Å²) >= 11 is 0. The van der Waals surface area contributed by atoms with E-state index in [1.54, 1.807) is 0 Å². The van der Waals surface area contributed by atoms with Crippen molar-refractivity contribution in [2.75, 3.05) is 6.54 Å². The summed E-state index contributed by atoms with van der Waals surface area (Å²) in [6, 6.07) is 0.0465. The average Bonchev–Trinajstić information content (AvgIpc) is 2.52. The van der Waals surface area contributed by atoms with Crippen molar-refractivity contribution in [2.24, 2.45) is 0 Å². The van der Waals surface area contributed by atoms with E-state index in [0.717, 1.165) is 25.7 Å². The maximum absolute atomic E-state index is 12.5. The van der Waals surface area contributed by atoms with Gasteiger partial charge in [0.2, 0.25) is 0 Å². The van der Waals surface area contributed by atoms with Crippen LogP contribution in [0.5, 0.6) is 0 Å². The summed E-state index contributed by atoms with van der Waals surface area (Å²) < 4.78 is 25.0. The predicted octanol–water partition coefficient (Wildman–Crippen LogP) is -0.0962. The fourth-order valence-electron chi connectivity index (χ4n) is 1.47. The number of carbonyl (C=O) groups excluding carboxylic acids is 1. The van der Waals surface area contributed by atoms with E-state index in [0.29, 0.717) is 0 Å². The van der Waals surface area contributed by atoms with Gasteiger partial charge >= 0.3 is 0 Å². The maximum Gasteiger partial charge on any atom is 0.299 e. The summed E-state index contributed by atoms with van der Waals surface area (Å²) in [4.78, 5) is 9.92. The van der Waals surface area contributed by atoms with Gasteiger partial charge in [0, 0.05) is 6.04 Å². The summed E-state index contributed by atoms with van der Waals surface area (Å²) in [5.41, 5.74) is 0. The van der Waals surface area contributed by atoms with Crippen LogP contribution in [0.15, 0.2) is 0 Å². The van der Waals surface area contributed by atoms with Crippen LogP contribution < -0.4 is 10.4 Å². The molecule has 0 saturated heterocycles. The highest BCUT2D eigenvalue weighted by molar-refractivity contribution is 5.73. The third-order valence-electron chi connectivity index (χ3n) is 2.27. The second-order valence-corrected chi connectivity index (χ2v) is 3.35. The van der Waals surface area contributed by atoms with Gasteiger partial charge in [-0.25, -0.2) is 0 Å². The molecular weight excluding hydrogens is 180 g/mol. The molecule has 0 aromatic carbocycles. The van der Waals surface area contributed by atoms with Crippen LogP contribution in [0.4, 0.5) is 8.78 Å². The molecule has 0 aromatic rings. The van der Waals surface area contributed by atoms with Crippen LogP contribution >= 0.6 is 0 Å². The van der Waals surface area contributed by atoms with Crippen molar-refractivity contribution in [3.05, 3.63) is 0 Å². The molecule has 0 bridgehead atoms. The number of hydrogen-bond donors (Lipinski definition) is 1. The van der Waals surface area contributed by atoms with Gasteiger partial charge in [0.25, 0.3) is 5.92 Å². The third kappa shape index (κ3) is 2.91. The van der Waals surface area contributed by atoms with Gasteiger partial charge in [0.05, 0.1) is 6.54 Å². The molecule has 13 heavy (non-hydrogen) atoms. The Balaban J connectivity index is 2.28. The van der Waals surface area contributed by atoms with Crippen LogP contribution in [0, 0.1) is 0 Å². The van der Waals surface area contributed by atoms with Crippen molar-refractivity contribution in [2.45, 2.75) is 37.6 Å². The zero-order chi connectivity index (χ0) is 9.90. The summed E-state index contributed by atoms with van der Waals surface area (Å²) in [6.07, 6.45) is 3.75. The molecule has 1 fully saturated rings. The number of aliphatic carboxylic acids is 1. The van der Waals surface area contributed by atoms with Gasteiger partial charge in [-0.1, -0.05) is 12.8 Å². The summed E-state index contributed by atoms with van der Waals surface area (Å²) in [5.74, 6) is -6.05. The Labute approximate surface area is 75.1 Å². The fourth-order valence-corrected chi connectivity index (χ4v) is 1.47. The molecule has 3 nitrogen and oxygen atoms in total. The van der Waals surface area contributed by atoms with Gasteiger partial charge in [-0.2, -0.15) is 8.78 Å². The van der Waals surface area contributed by atoms with Crippen LogP contribution in [0.2, 0.25) is 0 Å². The summed E-state index contributed by atoms with van der Waals surface area (Å²) in [5, 5.41) is 12.5. The molecule has 1 aliphatic carbocycles. The summed E-state index contributed by atoms with van der Waals surface area (Å²) in [6.45, 7) is -0.819. The van der Waals surface area contributed by atoms with Gasteiger partial charge < -0.3 is 15.2 Å². The van der Waals surface area contributed by atoms with Crippen molar-refractivity contribution in [1.82, 2.24) is 5.32 Å². The molecule has 5 heteroatoms. The first-order chi connectivity index (χ1) is 6.02. The molecule has 0 atom stereocenters. The SMILES string of the molecule is O=C([O-])C(F)(F)CNC1CCCC1. The third-order valence-corrected chi connectivity index (χ3v) is 2.27. The maximum atomic E-state index is 12.5. The zero-order valence-electron chi connectivity index (χ0n) is 7.19. The molecular formula is C8H12F2NO2-. The predicted molar refractivity (Wildman–Crippen MR) is 40.2 cm³/mol. The van der Waals surface area contributed by atoms with E-state index in [-0.39, 0.29) is 6.04 Å². The Morgan fingerprint density at radius 1 is 1.46 bits per heavy atom. The zero-order valence-corrected chi connectivity index (χ0v) is 7.19. The minimum Gasteiger partial charge on any atom is -0.544 e. The van der Waals surface area contributed by atoms with Crippen molar-refractivity contribution in [3.8, 4) is 0 Å². The minimum atomic E-state index is -3.75. The lowest BCUT2D eigenvalue weighted by Crippen LogP contribution is -2.49. The first-order valence-electron chi connectivity index (χ1n) is 4.35. The molecule has 1 rings (SSSR count). The molecule has 0 heterocycles. The summed E-state index contributed by atoms with van der Waals surface area (Å²) in [7, 11) is 0. The first-order valence-corrected chi connectivity index (χ1v) is 4.35. The molecule has 0 amide bonds. The Hall–Kier alpha value is -0.710. The monoisotopic (exact) mass is 192 g/mol. The molecule has 1 saturated carbocycles. The Morgan fingerprint density at radius 2 is 2.00 bits per heavy atom. The smallest absolute Gasteiger partial charge is 0.299 e. The number of halogens is 2. The number of carbonyl (C=O) groups is 1. The topological polar surface area (TPSA) is 52.2 Å². The number of carboxylic acids is 1. The van der Waals surface area contributed by atoms with Crippen LogP contribution in [0.3, 0.4) is 0 Å². The minimum absolute atomic E-state index is 0.0465. The highest BCUT2D eigenvalue weighted by Crippen LogP contribution is 2.19. The van der Waals surface area contributed by atoms with Crippen molar-refractivity contribution < 1.29 is 18.7 Å². The highest BCUT2D eigenvalue weighted by Gasteiger charge is 2.31. The van der Waals surface area contributed by atoms with Gasteiger partial charge in [-0.05, 0) is 12.8 Å². The van der Waals surface area contributed by atoms with E-state index in [9.17, 15) is 18.7 Å². The van der Waals surface area contributed by atoms with E-state index >= 15 is 0 Å². The standard InChI is InChI=1S/C8H13F2NO2/c9-8(10,7(12)13)5-11-6-3-1-2-4-6/h6,11H,1-5H2,(H,12,13)/p-1. The number of carboxylic acid groups (broad SMARTS) is 1. The molecule has 1 N–H and O–H groups in total. The largest absolute Gasteiger partial charge is 0.544 e. The molecule has 0 aromatic heterocycles. The molecule has 76 valence electrons. The van der Waals surface area contributed by atoms with Gasteiger partial charge in [-0.3, -0.25) is 0 Å². The lowest BCUT2D eigenvalue weighted by Gasteiger charge is -2.20. The Morgan fingerprint density at radius 3 is 2.46 bits per heavy atom. The van der Waals surface area contributed by atoms with Gasteiger partial charge in [0.1, 0.15) is 5.97 Å². The van der Waals surface area contributed by atoms with Crippen molar-refractivity contribution >= 4 is 5.97 Å². The lowest BCUT2D eigenvalue weighted by molar-refractivity contribution is -0.328. The van der Waals surface area contributed by atoms with E-state index in [2.05, 4.69) is 5.32 Å². The molecule has 1 aliphatic rings. The van der Waals surface area contributed by atoms with Crippen LogP contribution in [0.25, 0.3) is 0 Å². The molecule has 0 unspecified atom stereocenters. The van der Waals surface area contributed by atoms with Crippen LogP contribution in [0.1, 0.15) is 25.7 Å². The van der Waals surface area contributed by atoms with Crippen LogP contribution in [-0.4, -0.2) is 24.5 Å². The normalized spacial score (nSPS) is 19.2. The van der Waals surface area contributed by atoms with Crippen molar-refractivity contribution in [3.63, 3.8) is 0 Å². The molecule has 0 aliphatic heterocycles. The first kappa shape index (κ1) is 10.4. The van der Waals surface area contributed by atoms with Crippen molar-refractivity contribution in [1.29, 1.82) is 0 Å². The number of alkyl halides is 2. The fraction of sp³-hybridized carbons (Fsp3) is 0.875. The van der Waals surface area contributed by atoms with Crippen LogP contribution in [-0.2, 0) is 4.79 Å². The average molecular weight is 192 g/mol. The Kier molecular flexibility index (Phi) is 3.19. The van der Waals surface area contributed by atoms with E-state index < -0.39 is 18.4 Å². The lowest BCUT2D eigenvalue weighted by atomic mass is 10.2. The van der Waals surface area contributed by atoms with Gasteiger partial charge in [-0.15, -0.1) is 0 Å². The second-order valence-electron chi connectivity index (χ2n) is 3.35.